The minimum atomic E-state index is -2.65. The predicted molar refractivity (Wildman–Crippen MR) is 119 cm³/mol. The number of rotatable bonds is 19. The lowest BCUT2D eigenvalue weighted by atomic mass is 9.95. The van der Waals surface area contributed by atoms with E-state index in [-0.39, 0.29) is 11.2 Å². The molecule has 5 heteroatoms. The molecule has 0 aliphatic rings. The summed E-state index contributed by atoms with van der Waals surface area (Å²) in [4.78, 5) is 0. The van der Waals surface area contributed by atoms with Crippen molar-refractivity contribution in [2.75, 3.05) is 21.3 Å². The standard InChI is InChI=1S/C22H49NO3Si/c1-8-10-11-12-13-14-15-16-17-18-19-20-22(3,4)23-21(9-2)27(24-5,25-6)26-7/h21,23H,8-20H2,1-7H3. The van der Waals surface area contributed by atoms with Crippen LogP contribution in [0.5, 0.6) is 0 Å². The second kappa shape index (κ2) is 15.9. The van der Waals surface area contributed by atoms with E-state index in [1.165, 1.54) is 77.0 Å². The van der Waals surface area contributed by atoms with E-state index in [4.69, 9.17) is 13.3 Å². The third-order valence-corrected chi connectivity index (χ3v) is 8.77. The van der Waals surface area contributed by atoms with Crippen molar-refractivity contribution in [2.24, 2.45) is 0 Å². The van der Waals surface area contributed by atoms with Crippen LogP contribution in [0.4, 0.5) is 0 Å². The zero-order chi connectivity index (χ0) is 20.6. The highest BCUT2D eigenvalue weighted by Gasteiger charge is 2.48. The highest BCUT2D eigenvalue weighted by Crippen LogP contribution is 2.22. The maximum Gasteiger partial charge on any atom is 0.518 e. The van der Waals surface area contributed by atoms with E-state index in [1.807, 2.05) is 0 Å². The van der Waals surface area contributed by atoms with Crippen LogP contribution >= 0.6 is 0 Å². The minimum absolute atomic E-state index is 0.0633. The van der Waals surface area contributed by atoms with Crippen molar-refractivity contribution in [1.82, 2.24) is 5.32 Å². The molecule has 0 aliphatic carbocycles. The van der Waals surface area contributed by atoms with Crippen LogP contribution in [0.2, 0.25) is 0 Å². The van der Waals surface area contributed by atoms with Crippen molar-refractivity contribution >= 4 is 8.80 Å². The van der Waals surface area contributed by atoms with Gasteiger partial charge in [0, 0.05) is 26.9 Å². The molecule has 0 aromatic carbocycles. The molecule has 0 spiro atoms. The lowest BCUT2D eigenvalue weighted by Gasteiger charge is -2.38. The molecule has 0 rings (SSSR count). The highest BCUT2D eigenvalue weighted by molar-refractivity contribution is 6.62. The van der Waals surface area contributed by atoms with Gasteiger partial charge in [0.15, 0.2) is 0 Å². The van der Waals surface area contributed by atoms with Crippen LogP contribution in [-0.4, -0.2) is 41.3 Å². The van der Waals surface area contributed by atoms with Crippen molar-refractivity contribution in [3.05, 3.63) is 0 Å². The van der Waals surface area contributed by atoms with Gasteiger partial charge in [-0.3, -0.25) is 0 Å². The largest absolute Gasteiger partial charge is 0.518 e. The zero-order valence-corrected chi connectivity index (χ0v) is 20.5. The number of hydrogen-bond acceptors (Lipinski definition) is 4. The quantitative estimate of drug-likeness (QED) is 0.204. The molecule has 0 heterocycles. The Hall–Kier alpha value is 0.0569. The summed E-state index contributed by atoms with van der Waals surface area (Å²) < 4.78 is 17.0. The van der Waals surface area contributed by atoms with Crippen molar-refractivity contribution in [2.45, 2.75) is 122 Å². The smallest absolute Gasteiger partial charge is 0.376 e. The first-order chi connectivity index (χ1) is 12.9. The molecular weight excluding hydrogens is 354 g/mol. The molecule has 0 radical (unpaired) electrons. The predicted octanol–water partition coefficient (Wildman–Crippen LogP) is 6.25. The van der Waals surface area contributed by atoms with Gasteiger partial charge < -0.3 is 18.6 Å². The Morgan fingerprint density at radius 1 is 0.704 bits per heavy atom. The van der Waals surface area contributed by atoms with E-state index in [0.717, 1.165) is 6.42 Å². The van der Waals surface area contributed by atoms with Crippen LogP contribution < -0.4 is 5.32 Å². The van der Waals surface area contributed by atoms with Crippen molar-refractivity contribution in [3.63, 3.8) is 0 Å². The first kappa shape index (κ1) is 27.1. The van der Waals surface area contributed by atoms with E-state index in [9.17, 15) is 0 Å². The molecule has 1 atom stereocenters. The summed E-state index contributed by atoms with van der Waals surface area (Å²) in [5.41, 5.74) is 0.188. The van der Waals surface area contributed by atoms with Gasteiger partial charge in [0.1, 0.15) is 0 Å². The van der Waals surface area contributed by atoms with Gasteiger partial charge in [-0.1, -0.05) is 84.5 Å². The molecule has 27 heavy (non-hydrogen) atoms. The third kappa shape index (κ3) is 11.6. The van der Waals surface area contributed by atoms with Crippen molar-refractivity contribution in [3.8, 4) is 0 Å². The Morgan fingerprint density at radius 2 is 1.11 bits per heavy atom. The van der Waals surface area contributed by atoms with E-state index in [1.54, 1.807) is 21.3 Å². The van der Waals surface area contributed by atoms with Gasteiger partial charge >= 0.3 is 8.80 Å². The van der Waals surface area contributed by atoms with Crippen molar-refractivity contribution in [1.29, 1.82) is 0 Å². The molecule has 0 aliphatic heterocycles. The molecule has 0 bridgehead atoms. The molecule has 0 aromatic rings. The van der Waals surface area contributed by atoms with Gasteiger partial charge in [0.05, 0.1) is 5.67 Å². The van der Waals surface area contributed by atoms with E-state index >= 15 is 0 Å². The van der Waals surface area contributed by atoms with E-state index in [0.29, 0.717) is 0 Å². The molecule has 0 saturated carbocycles. The zero-order valence-electron chi connectivity index (χ0n) is 19.5. The summed E-state index contributed by atoms with van der Waals surface area (Å²) in [7, 11) is 2.43. The molecule has 164 valence electrons. The van der Waals surface area contributed by atoms with Crippen LogP contribution in [0.3, 0.4) is 0 Å². The Balaban J connectivity index is 3.99. The Bertz CT molecular complexity index is 327. The molecule has 1 unspecified atom stereocenters. The summed E-state index contributed by atoms with van der Waals surface area (Å²) in [6, 6.07) is 0. The van der Waals surface area contributed by atoms with Crippen LogP contribution in [0.15, 0.2) is 0 Å². The maximum atomic E-state index is 5.68. The second-order valence-electron chi connectivity index (χ2n) is 8.49. The second-order valence-corrected chi connectivity index (χ2v) is 11.6. The highest BCUT2D eigenvalue weighted by atomic mass is 28.4. The summed E-state index contributed by atoms with van der Waals surface area (Å²) in [5.74, 6) is 0. The normalized spacial score (nSPS) is 13.9. The molecule has 0 fully saturated rings. The molecule has 1 N–H and O–H groups in total. The molecule has 0 aromatic heterocycles. The molecular formula is C22H49NO3Si. The van der Waals surface area contributed by atoms with Gasteiger partial charge in [0.25, 0.3) is 0 Å². The molecule has 0 saturated heterocycles. The number of unbranched alkanes of at least 4 members (excludes halogenated alkanes) is 10. The number of nitrogens with one attached hydrogen (secondary N) is 1. The van der Waals surface area contributed by atoms with Crippen molar-refractivity contribution < 1.29 is 13.3 Å². The van der Waals surface area contributed by atoms with Gasteiger partial charge in [-0.2, -0.15) is 0 Å². The molecule has 0 amide bonds. The van der Waals surface area contributed by atoms with Crippen LogP contribution in [0.25, 0.3) is 0 Å². The van der Waals surface area contributed by atoms with E-state index < -0.39 is 8.80 Å². The van der Waals surface area contributed by atoms with Crippen LogP contribution in [-0.2, 0) is 13.3 Å². The first-order valence-electron chi connectivity index (χ1n) is 11.3. The Morgan fingerprint density at radius 3 is 1.48 bits per heavy atom. The fourth-order valence-electron chi connectivity index (χ4n) is 3.89. The summed E-state index contributed by atoms with van der Waals surface area (Å²) in [6.45, 7) is 9.01. The third-order valence-electron chi connectivity index (χ3n) is 5.66. The molecule has 4 nitrogen and oxygen atoms in total. The average molecular weight is 404 g/mol. The van der Waals surface area contributed by atoms with Gasteiger partial charge in [0.2, 0.25) is 0 Å². The Labute approximate surface area is 171 Å². The monoisotopic (exact) mass is 403 g/mol. The lowest BCUT2D eigenvalue weighted by Crippen LogP contribution is -2.64. The Kier molecular flexibility index (Phi) is 16.0. The SMILES string of the molecule is CCCCCCCCCCCCCC(C)(C)NC(CC)[Si](OC)(OC)OC. The maximum absolute atomic E-state index is 5.68. The van der Waals surface area contributed by atoms with Gasteiger partial charge in [-0.25, -0.2) is 0 Å². The first-order valence-corrected chi connectivity index (χ1v) is 13.1. The summed E-state index contributed by atoms with van der Waals surface area (Å²) in [5, 5.41) is 3.76. The van der Waals surface area contributed by atoms with Crippen LogP contribution in [0.1, 0.15) is 111 Å². The van der Waals surface area contributed by atoms with Gasteiger partial charge in [-0.15, -0.1) is 0 Å². The van der Waals surface area contributed by atoms with E-state index in [2.05, 4.69) is 33.0 Å². The fraction of sp³-hybridized carbons (Fsp3) is 1.00. The summed E-state index contributed by atoms with van der Waals surface area (Å²) >= 11 is 0. The van der Waals surface area contributed by atoms with Crippen LogP contribution in [0, 0.1) is 0 Å². The van der Waals surface area contributed by atoms with Gasteiger partial charge in [-0.05, 0) is 26.7 Å². The minimum Gasteiger partial charge on any atom is -0.376 e. The average Bonchev–Trinajstić information content (AvgIpc) is 2.66. The lowest BCUT2D eigenvalue weighted by molar-refractivity contribution is 0.0992. The topological polar surface area (TPSA) is 39.7 Å². The summed E-state index contributed by atoms with van der Waals surface area (Å²) in [6.07, 6.45) is 17.3. The fourth-order valence-corrected chi connectivity index (χ4v) is 6.31. The number of hydrogen-bond donors (Lipinski definition) is 1.